The Balaban J connectivity index is 1.70. The summed E-state index contributed by atoms with van der Waals surface area (Å²) in [6, 6.07) is 16.3. The third-order valence-corrected chi connectivity index (χ3v) is 4.09. The molecule has 2 aromatic heterocycles. The van der Waals surface area contributed by atoms with Crippen LogP contribution in [0.3, 0.4) is 0 Å². The van der Waals surface area contributed by atoms with Crippen LogP contribution in [0.4, 0.5) is 0 Å². The van der Waals surface area contributed by atoms with E-state index in [9.17, 15) is 0 Å². The smallest absolute Gasteiger partial charge is 0.110 e. The van der Waals surface area contributed by atoms with Crippen molar-refractivity contribution < 1.29 is 0 Å². The molecule has 2 heterocycles. The van der Waals surface area contributed by atoms with Crippen LogP contribution in [0.15, 0.2) is 48.7 Å². The summed E-state index contributed by atoms with van der Waals surface area (Å²) in [4.78, 5) is 6.38. The summed E-state index contributed by atoms with van der Waals surface area (Å²) in [6.45, 7) is 1.55. The Kier molecular flexibility index (Phi) is 3.73. The minimum Gasteiger partial charge on any atom is -0.308 e. The highest BCUT2D eigenvalue weighted by Crippen LogP contribution is 2.17. The van der Waals surface area contributed by atoms with Crippen molar-refractivity contribution in [3.05, 3.63) is 64.0 Å². The summed E-state index contributed by atoms with van der Waals surface area (Å²) in [7, 11) is 0. The fourth-order valence-electron chi connectivity index (χ4n) is 2.16. The van der Waals surface area contributed by atoms with Gasteiger partial charge in [0.25, 0.3) is 0 Å². The summed E-state index contributed by atoms with van der Waals surface area (Å²) < 4.78 is 0. The molecule has 0 fully saturated rings. The van der Waals surface area contributed by atoms with E-state index in [1.54, 1.807) is 0 Å². The molecule has 0 radical (unpaired) electrons. The molecule has 0 spiro atoms. The van der Waals surface area contributed by atoms with Gasteiger partial charge >= 0.3 is 0 Å². The van der Waals surface area contributed by atoms with E-state index in [-0.39, 0.29) is 0 Å². The largest absolute Gasteiger partial charge is 0.308 e. The van der Waals surface area contributed by atoms with Crippen LogP contribution in [0.2, 0.25) is 0 Å². The highest BCUT2D eigenvalue weighted by molar-refractivity contribution is 7.12. The molecule has 1 N–H and O–H groups in total. The number of rotatable bonds is 4. The van der Waals surface area contributed by atoms with Gasteiger partial charge < -0.3 is 5.32 Å². The second-order valence-corrected chi connectivity index (χ2v) is 5.64. The average Bonchev–Trinajstić information content (AvgIpc) is 2.95. The first-order chi connectivity index (χ1) is 9.86. The Morgan fingerprint density at radius 1 is 1.10 bits per heavy atom. The summed E-state index contributed by atoms with van der Waals surface area (Å²) in [5.41, 5.74) is 2.24. The lowest BCUT2D eigenvalue weighted by molar-refractivity contribution is 0.703. The lowest BCUT2D eigenvalue weighted by Gasteiger charge is -2.06. The molecular weight excluding hydrogens is 266 g/mol. The normalized spacial score (nSPS) is 10.6. The number of fused-ring (bicyclic) bond motifs is 1. The fraction of sp³-hybridized carbons (Fsp3) is 0.125. The molecular formula is C16H13N3S. The van der Waals surface area contributed by atoms with E-state index in [1.807, 2.05) is 24.4 Å². The maximum absolute atomic E-state index is 8.80. The zero-order chi connectivity index (χ0) is 13.8. The van der Waals surface area contributed by atoms with Crippen LogP contribution in [0.5, 0.6) is 0 Å². The van der Waals surface area contributed by atoms with Gasteiger partial charge in [-0.25, -0.2) is 0 Å². The molecule has 1 aromatic carbocycles. The van der Waals surface area contributed by atoms with E-state index in [1.165, 1.54) is 21.8 Å². The van der Waals surface area contributed by atoms with Gasteiger partial charge in [0.2, 0.25) is 0 Å². The molecule has 0 unspecified atom stereocenters. The van der Waals surface area contributed by atoms with Gasteiger partial charge in [-0.15, -0.1) is 11.3 Å². The predicted octanol–water partition coefficient (Wildman–Crippen LogP) is 3.46. The Morgan fingerprint density at radius 2 is 2.00 bits per heavy atom. The molecule has 20 heavy (non-hydrogen) atoms. The van der Waals surface area contributed by atoms with E-state index in [0.717, 1.165) is 28.9 Å². The van der Waals surface area contributed by atoms with Gasteiger partial charge in [-0.2, -0.15) is 5.26 Å². The van der Waals surface area contributed by atoms with Crippen molar-refractivity contribution in [2.75, 3.05) is 0 Å². The van der Waals surface area contributed by atoms with Gasteiger partial charge in [-0.1, -0.05) is 24.3 Å². The summed E-state index contributed by atoms with van der Waals surface area (Å²) in [5, 5.41) is 13.4. The van der Waals surface area contributed by atoms with E-state index in [2.05, 4.69) is 40.6 Å². The SMILES string of the molecule is N#Cc1ccc(CNCc2cccc3cccnc23)s1. The molecule has 3 rings (SSSR count). The average molecular weight is 279 g/mol. The number of para-hydroxylation sites is 1. The minimum atomic E-state index is 0.758. The lowest BCUT2D eigenvalue weighted by atomic mass is 10.1. The third kappa shape index (κ3) is 2.69. The van der Waals surface area contributed by atoms with Crippen LogP contribution >= 0.6 is 11.3 Å². The second-order valence-electron chi connectivity index (χ2n) is 4.47. The molecule has 3 nitrogen and oxygen atoms in total. The number of nitrogens with one attached hydrogen (secondary N) is 1. The number of pyridine rings is 1. The monoisotopic (exact) mass is 279 g/mol. The molecule has 0 atom stereocenters. The Hall–Kier alpha value is -2.22. The van der Waals surface area contributed by atoms with Crippen molar-refractivity contribution in [1.29, 1.82) is 5.26 Å². The molecule has 3 aromatic rings. The molecule has 0 aliphatic rings. The molecule has 0 bridgehead atoms. The van der Waals surface area contributed by atoms with Gasteiger partial charge in [0.05, 0.1) is 5.52 Å². The molecule has 98 valence electrons. The zero-order valence-corrected chi connectivity index (χ0v) is 11.7. The van der Waals surface area contributed by atoms with Crippen molar-refractivity contribution in [2.45, 2.75) is 13.1 Å². The van der Waals surface area contributed by atoms with Crippen molar-refractivity contribution in [1.82, 2.24) is 10.3 Å². The predicted molar refractivity (Wildman–Crippen MR) is 81.3 cm³/mol. The van der Waals surface area contributed by atoms with Crippen molar-refractivity contribution in [3.63, 3.8) is 0 Å². The Bertz CT molecular complexity index is 765. The third-order valence-electron chi connectivity index (χ3n) is 3.10. The van der Waals surface area contributed by atoms with Crippen LogP contribution < -0.4 is 5.32 Å². The van der Waals surface area contributed by atoms with E-state index < -0.39 is 0 Å². The summed E-state index contributed by atoms with van der Waals surface area (Å²) in [6.07, 6.45) is 1.82. The first-order valence-electron chi connectivity index (χ1n) is 6.39. The zero-order valence-electron chi connectivity index (χ0n) is 10.8. The highest BCUT2D eigenvalue weighted by atomic mass is 32.1. The molecule has 0 saturated heterocycles. The first-order valence-corrected chi connectivity index (χ1v) is 7.20. The van der Waals surface area contributed by atoms with Gasteiger partial charge in [0.15, 0.2) is 0 Å². The van der Waals surface area contributed by atoms with Crippen molar-refractivity contribution in [3.8, 4) is 6.07 Å². The van der Waals surface area contributed by atoms with Gasteiger partial charge in [0, 0.05) is 29.5 Å². The lowest BCUT2D eigenvalue weighted by Crippen LogP contribution is -2.12. The Morgan fingerprint density at radius 3 is 2.85 bits per heavy atom. The number of hydrogen-bond acceptors (Lipinski definition) is 4. The number of nitrogens with zero attached hydrogens (tertiary/aromatic N) is 2. The maximum Gasteiger partial charge on any atom is 0.110 e. The standard InChI is InChI=1S/C16H13N3S/c17-9-14-6-7-15(20-14)11-18-10-13-4-1-3-12-5-2-8-19-16(12)13/h1-8,18H,10-11H2. The number of hydrogen-bond donors (Lipinski definition) is 1. The molecule has 0 aliphatic heterocycles. The maximum atomic E-state index is 8.80. The number of nitriles is 1. The number of benzene rings is 1. The van der Waals surface area contributed by atoms with Crippen molar-refractivity contribution >= 4 is 22.2 Å². The molecule has 0 amide bonds. The van der Waals surface area contributed by atoms with Crippen LogP contribution in [-0.4, -0.2) is 4.98 Å². The summed E-state index contributed by atoms with van der Waals surface area (Å²) >= 11 is 1.53. The van der Waals surface area contributed by atoms with Gasteiger partial charge in [-0.3, -0.25) is 4.98 Å². The van der Waals surface area contributed by atoms with Gasteiger partial charge in [0.1, 0.15) is 10.9 Å². The van der Waals surface area contributed by atoms with Crippen molar-refractivity contribution in [2.24, 2.45) is 0 Å². The highest BCUT2D eigenvalue weighted by Gasteiger charge is 2.02. The van der Waals surface area contributed by atoms with E-state index in [4.69, 9.17) is 5.26 Å². The second kappa shape index (κ2) is 5.83. The van der Waals surface area contributed by atoms with Crippen LogP contribution in [-0.2, 0) is 13.1 Å². The number of thiophene rings is 1. The number of aromatic nitrogens is 1. The van der Waals surface area contributed by atoms with E-state index in [0.29, 0.717) is 0 Å². The topological polar surface area (TPSA) is 48.7 Å². The first kappa shape index (κ1) is 12.8. The van der Waals surface area contributed by atoms with Crippen LogP contribution in [0, 0.1) is 11.3 Å². The van der Waals surface area contributed by atoms with Crippen LogP contribution in [0.25, 0.3) is 10.9 Å². The van der Waals surface area contributed by atoms with Crippen LogP contribution in [0.1, 0.15) is 15.3 Å². The fourth-order valence-corrected chi connectivity index (χ4v) is 2.94. The van der Waals surface area contributed by atoms with Gasteiger partial charge in [-0.05, 0) is 23.8 Å². The quantitative estimate of drug-likeness (QED) is 0.795. The molecule has 0 aliphatic carbocycles. The van der Waals surface area contributed by atoms with E-state index >= 15 is 0 Å². The molecule has 4 heteroatoms. The Labute approximate surface area is 121 Å². The molecule has 0 saturated carbocycles. The summed E-state index contributed by atoms with van der Waals surface area (Å²) in [5.74, 6) is 0. The minimum absolute atomic E-state index is 0.758.